The summed E-state index contributed by atoms with van der Waals surface area (Å²) in [7, 11) is 0. The molecule has 1 unspecified atom stereocenters. The van der Waals surface area contributed by atoms with Crippen LogP contribution >= 0.6 is 0 Å². The molecule has 1 saturated heterocycles. The van der Waals surface area contributed by atoms with Crippen LogP contribution in [0.15, 0.2) is 18.3 Å². The number of hydrogen-bond acceptors (Lipinski definition) is 8. The molecule has 0 spiro atoms. The number of carbonyl (C=O) groups excluding carboxylic acids is 2. The van der Waals surface area contributed by atoms with Gasteiger partial charge in [0.1, 0.15) is 17.0 Å². The predicted molar refractivity (Wildman–Crippen MR) is 136 cm³/mol. The van der Waals surface area contributed by atoms with Gasteiger partial charge in [-0.25, -0.2) is 9.78 Å². The normalized spacial score (nSPS) is 16.5. The van der Waals surface area contributed by atoms with Crippen molar-refractivity contribution in [1.82, 2.24) is 9.88 Å². The summed E-state index contributed by atoms with van der Waals surface area (Å²) in [6.07, 6.45) is 4.82. The average molecular weight is 493 g/mol. The standard InChI is InChI=1S/C26H44N4O5/c1-25(2,3)34-23(31)8-7-20(9-13-27)33-21-11-15-30(16-12-21)18-19-10-14-28-22(17-19)29-24(32)35-26(4,5)6/h10,14,17,20-21H,7-9,11-13,15-16,18,27H2,1-6H3,(H,28,29,32). The van der Waals surface area contributed by atoms with Gasteiger partial charge in [0.25, 0.3) is 0 Å². The third-order valence-corrected chi connectivity index (χ3v) is 5.36. The van der Waals surface area contributed by atoms with Crippen LogP contribution in [-0.2, 0) is 25.5 Å². The van der Waals surface area contributed by atoms with Crippen molar-refractivity contribution in [3.8, 4) is 0 Å². The molecule has 1 aliphatic rings. The first-order valence-corrected chi connectivity index (χ1v) is 12.6. The lowest BCUT2D eigenvalue weighted by molar-refractivity contribution is -0.156. The highest BCUT2D eigenvalue weighted by Gasteiger charge is 2.24. The van der Waals surface area contributed by atoms with E-state index in [1.54, 1.807) is 6.20 Å². The molecule has 1 amide bonds. The first kappa shape index (κ1) is 29.0. The Bertz CT molecular complexity index is 811. The zero-order valence-corrected chi connectivity index (χ0v) is 22.3. The molecule has 2 rings (SSSR count). The van der Waals surface area contributed by atoms with Crippen LogP contribution in [0.1, 0.15) is 79.2 Å². The second-order valence-electron chi connectivity index (χ2n) is 11.1. The van der Waals surface area contributed by atoms with E-state index in [4.69, 9.17) is 19.9 Å². The van der Waals surface area contributed by atoms with E-state index in [-0.39, 0.29) is 18.2 Å². The third kappa shape index (κ3) is 12.3. The van der Waals surface area contributed by atoms with E-state index in [2.05, 4.69) is 15.2 Å². The molecule has 1 aromatic rings. The Morgan fingerprint density at radius 2 is 1.77 bits per heavy atom. The smallest absolute Gasteiger partial charge is 0.413 e. The molecule has 35 heavy (non-hydrogen) atoms. The molecule has 1 atom stereocenters. The molecule has 0 bridgehead atoms. The molecule has 2 heterocycles. The number of likely N-dealkylation sites (tertiary alicyclic amines) is 1. The maximum absolute atomic E-state index is 12.1. The number of amides is 1. The van der Waals surface area contributed by atoms with Crippen molar-refractivity contribution >= 4 is 17.9 Å². The summed E-state index contributed by atoms with van der Waals surface area (Å²) in [6.45, 7) is 14.2. The summed E-state index contributed by atoms with van der Waals surface area (Å²) < 4.78 is 17.0. The lowest BCUT2D eigenvalue weighted by Gasteiger charge is -2.34. The molecule has 3 N–H and O–H groups in total. The summed E-state index contributed by atoms with van der Waals surface area (Å²) in [5, 5.41) is 2.69. The van der Waals surface area contributed by atoms with Gasteiger partial charge in [-0.3, -0.25) is 15.0 Å². The van der Waals surface area contributed by atoms with Gasteiger partial charge < -0.3 is 19.9 Å². The number of pyridine rings is 1. The zero-order valence-electron chi connectivity index (χ0n) is 22.3. The number of nitrogens with zero attached hydrogens (tertiary/aromatic N) is 2. The Balaban J connectivity index is 1.79. The number of rotatable bonds is 10. The Morgan fingerprint density at radius 3 is 2.37 bits per heavy atom. The fraction of sp³-hybridized carbons (Fsp3) is 0.731. The summed E-state index contributed by atoms with van der Waals surface area (Å²) in [5.41, 5.74) is 5.81. The van der Waals surface area contributed by atoms with Crippen molar-refractivity contribution in [2.24, 2.45) is 5.73 Å². The second kappa shape index (κ2) is 13.2. The van der Waals surface area contributed by atoms with Gasteiger partial charge in [0.2, 0.25) is 0 Å². The number of piperidine rings is 1. The van der Waals surface area contributed by atoms with Gasteiger partial charge in [-0.15, -0.1) is 0 Å². The summed E-state index contributed by atoms with van der Waals surface area (Å²) in [4.78, 5) is 30.7. The third-order valence-electron chi connectivity index (χ3n) is 5.36. The second-order valence-corrected chi connectivity index (χ2v) is 11.1. The Labute approximate surface area is 210 Å². The fourth-order valence-corrected chi connectivity index (χ4v) is 3.92. The van der Waals surface area contributed by atoms with Crippen molar-refractivity contribution in [2.75, 3.05) is 25.0 Å². The van der Waals surface area contributed by atoms with Gasteiger partial charge >= 0.3 is 12.1 Å². The minimum absolute atomic E-state index is 0.0363. The zero-order chi connectivity index (χ0) is 26.1. The number of anilines is 1. The molecule has 198 valence electrons. The fourth-order valence-electron chi connectivity index (χ4n) is 3.92. The van der Waals surface area contributed by atoms with Crippen LogP contribution in [0.3, 0.4) is 0 Å². The lowest BCUT2D eigenvalue weighted by atomic mass is 10.0. The number of carbonyl (C=O) groups is 2. The van der Waals surface area contributed by atoms with Crippen molar-refractivity contribution in [3.05, 3.63) is 23.9 Å². The van der Waals surface area contributed by atoms with Crippen LogP contribution in [0.2, 0.25) is 0 Å². The van der Waals surface area contributed by atoms with Crippen LogP contribution in [0.5, 0.6) is 0 Å². The van der Waals surface area contributed by atoms with Crippen molar-refractivity contribution in [1.29, 1.82) is 0 Å². The quantitative estimate of drug-likeness (QED) is 0.466. The first-order chi connectivity index (χ1) is 16.3. The van der Waals surface area contributed by atoms with E-state index in [0.29, 0.717) is 25.2 Å². The monoisotopic (exact) mass is 492 g/mol. The highest BCUT2D eigenvalue weighted by molar-refractivity contribution is 5.83. The van der Waals surface area contributed by atoms with Gasteiger partial charge in [-0.2, -0.15) is 0 Å². The largest absolute Gasteiger partial charge is 0.460 e. The van der Waals surface area contributed by atoms with Gasteiger partial charge in [0.15, 0.2) is 0 Å². The number of esters is 1. The highest BCUT2D eigenvalue weighted by Crippen LogP contribution is 2.21. The average Bonchev–Trinajstić information content (AvgIpc) is 2.71. The number of nitrogens with two attached hydrogens (primary N) is 1. The van der Waals surface area contributed by atoms with Crippen LogP contribution in [-0.4, -0.2) is 65.0 Å². The van der Waals surface area contributed by atoms with Crippen LogP contribution < -0.4 is 11.1 Å². The van der Waals surface area contributed by atoms with Crippen LogP contribution in [0, 0.1) is 0 Å². The maximum Gasteiger partial charge on any atom is 0.413 e. The number of aromatic nitrogens is 1. The molecular weight excluding hydrogens is 448 g/mol. The van der Waals surface area contributed by atoms with Gasteiger partial charge in [-0.05, 0) is 91.5 Å². The summed E-state index contributed by atoms with van der Waals surface area (Å²) in [6, 6.07) is 3.83. The molecular formula is C26H44N4O5. The van der Waals surface area contributed by atoms with E-state index in [9.17, 15) is 9.59 Å². The molecule has 9 heteroatoms. The Hall–Kier alpha value is -2.23. The molecule has 1 aromatic heterocycles. The Kier molecular flexibility index (Phi) is 10.9. The number of ether oxygens (including phenoxy) is 3. The molecule has 0 aromatic carbocycles. The molecule has 1 fully saturated rings. The lowest BCUT2D eigenvalue weighted by Crippen LogP contribution is -2.38. The van der Waals surface area contributed by atoms with Gasteiger partial charge in [-0.1, -0.05) is 0 Å². The summed E-state index contributed by atoms with van der Waals surface area (Å²) in [5.74, 6) is 0.278. The minimum atomic E-state index is -0.562. The molecule has 0 radical (unpaired) electrons. The van der Waals surface area contributed by atoms with Gasteiger partial charge in [0.05, 0.1) is 12.2 Å². The number of hydrogen-bond donors (Lipinski definition) is 2. The predicted octanol–water partition coefficient (Wildman–Crippen LogP) is 4.25. The molecule has 1 aliphatic heterocycles. The van der Waals surface area contributed by atoms with E-state index in [0.717, 1.165) is 44.5 Å². The Morgan fingerprint density at radius 1 is 1.11 bits per heavy atom. The van der Waals surface area contributed by atoms with Crippen molar-refractivity contribution < 1.29 is 23.8 Å². The van der Waals surface area contributed by atoms with Crippen molar-refractivity contribution in [3.63, 3.8) is 0 Å². The highest BCUT2D eigenvalue weighted by atomic mass is 16.6. The topological polar surface area (TPSA) is 116 Å². The van der Waals surface area contributed by atoms with Crippen molar-refractivity contribution in [2.45, 2.75) is 104 Å². The maximum atomic E-state index is 12.1. The van der Waals surface area contributed by atoms with E-state index >= 15 is 0 Å². The summed E-state index contributed by atoms with van der Waals surface area (Å²) >= 11 is 0. The van der Waals surface area contributed by atoms with E-state index < -0.39 is 17.3 Å². The van der Waals surface area contributed by atoms with Crippen LogP contribution in [0.4, 0.5) is 10.6 Å². The van der Waals surface area contributed by atoms with E-state index in [1.807, 2.05) is 53.7 Å². The minimum Gasteiger partial charge on any atom is -0.460 e. The van der Waals surface area contributed by atoms with E-state index in [1.165, 1.54) is 0 Å². The SMILES string of the molecule is CC(C)(C)OC(=O)CCC(CCN)OC1CCN(Cc2ccnc(NC(=O)OC(C)(C)C)c2)CC1. The molecule has 9 nitrogen and oxygen atoms in total. The van der Waals surface area contributed by atoms with Crippen LogP contribution in [0.25, 0.3) is 0 Å². The first-order valence-electron chi connectivity index (χ1n) is 12.6. The molecule has 0 aliphatic carbocycles. The number of nitrogens with one attached hydrogen (secondary N) is 1. The molecule has 0 saturated carbocycles. The van der Waals surface area contributed by atoms with Gasteiger partial charge in [0, 0.05) is 32.3 Å².